The summed E-state index contributed by atoms with van der Waals surface area (Å²) in [5.41, 5.74) is 1.13. The second kappa shape index (κ2) is 4.61. The Hall–Kier alpha value is -0.420. The lowest BCUT2D eigenvalue weighted by Gasteiger charge is -2.16. The maximum absolute atomic E-state index is 9.37. The second-order valence-electron chi connectivity index (χ2n) is 4.73. The summed E-state index contributed by atoms with van der Waals surface area (Å²) < 4.78 is 0. The Bertz CT molecular complexity index is 231. The van der Waals surface area contributed by atoms with E-state index in [9.17, 15) is 10.2 Å². The van der Waals surface area contributed by atoms with Crippen molar-refractivity contribution in [1.82, 2.24) is 10.2 Å². The molecule has 2 aliphatic rings. The summed E-state index contributed by atoms with van der Waals surface area (Å²) in [5, 5.41) is 22.1. The van der Waals surface area contributed by atoms with Crippen LogP contribution < -0.4 is 5.32 Å². The molecule has 86 valence electrons. The second-order valence-corrected chi connectivity index (χ2v) is 4.73. The molecule has 2 fully saturated rings. The van der Waals surface area contributed by atoms with Gasteiger partial charge in [0.05, 0.1) is 12.2 Å². The van der Waals surface area contributed by atoms with Crippen LogP contribution in [0.2, 0.25) is 0 Å². The molecule has 15 heavy (non-hydrogen) atoms. The third-order valence-electron chi connectivity index (χ3n) is 3.00. The Morgan fingerprint density at radius 2 is 1.87 bits per heavy atom. The van der Waals surface area contributed by atoms with Gasteiger partial charge in [-0.3, -0.25) is 4.90 Å². The first-order valence-corrected chi connectivity index (χ1v) is 5.63. The summed E-state index contributed by atoms with van der Waals surface area (Å²) in [7, 11) is 0. The molecule has 2 unspecified atom stereocenters. The Kier molecular flexibility index (Phi) is 3.41. The van der Waals surface area contributed by atoms with Gasteiger partial charge in [-0.05, 0) is 18.4 Å². The average Bonchev–Trinajstić information content (AvgIpc) is 2.93. The zero-order valence-corrected chi connectivity index (χ0v) is 9.02. The van der Waals surface area contributed by atoms with Crippen LogP contribution in [0.4, 0.5) is 0 Å². The zero-order chi connectivity index (χ0) is 10.8. The van der Waals surface area contributed by atoms with Crippen LogP contribution in [0.15, 0.2) is 12.2 Å². The predicted molar refractivity (Wildman–Crippen MR) is 58.6 cm³/mol. The summed E-state index contributed by atoms with van der Waals surface area (Å²) in [6.45, 7) is 6.75. The Morgan fingerprint density at radius 3 is 2.40 bits per heavy atom. The van der Waals surface area contributed by atoms with Gasteiger partial charge in [0.2, 0.25) is 0 Å². The lowest BCUT2D eigenvalue weighted by Crippen LogP contribution is -2.29. The topological polar surface area (TPSA) is 55.7 Å². The van der Waals surface area contributed by atoms with E-state index in [1.807, 2.05) is 4.90 Å². The monoisotopic (exact) mass is 212 g/mol. The van der Waals surface area contributed by atoms with Gasteiger partial charge < -0.3 is 15.5 Å². The van der Waals surface area contributed by atoms with Gasteiger partial charge in [-0.1, -0.05) is 6.58 Å². The highest BCUT2D eigenvalue weighted by atomic mass is 16.3. The zero-order valence-electron chi connectivity index (χ0n) is 9.02. The Morgan fingerprint density at radius 1 is 1.27 bits per heavy atom. The highest BCUT2D eigenvalue weighted by molar-refractivity contribution is 5.03. The molecule has 4 heteroatoms. The lowest BCUT2D eigenvalue weighted by molar-refractivity contribution is 0.0572. The molecule has 0 aromatic carbocycles. The molecule has 0 aromatic heterocycles. The number of aliphatic hydroxyl groups is 2. The molecule has 1 saturated heterocycles. The van der Waals surface area contributed by atoms with E-state index < -0.39 is 12.2 Å². The number of nitrogens with one attached hydrogen (secondary N) is 1. The van der Waals surface area contributed by atoms with Crippen molar-refractivity contribution in [3.05, 3.63) is 12.2 Å². The highest BCUT2D eigenvalue weighted by Gasteiger charge is 2.29. The summed E-state index contributed by atoms with van der Waals surface area (Å²) >= 11 is 0. The lowest BCUT2D eigenvalue weighted by atomic mass is 10.3. The van der Waals surface area contributed by atoms with E-state index in [0.717, 1.165) is 18.7 Å². The van der Waals surface area contributed by atoms with Crippen LogP contribution in [0.3, 0.4) is 0 Å². The van der Waals surface area contributed by atoms with Crippen LogP contribution >= 0.6 is 0 Å². The average molecular weight is 212 g/mol. The molecule has 2 rings (SSSR count). The van der Waals surface area contributed by atoms with E-state index in [2.05, 4.69) is 11.9 Å². The minimum absolute atomic E-state index is 0.559. The number of rotatable bonds is 5. The van der Waals surface area contributed by atoms with Gasteiger partial charge in [0.15, 0.2) is 0 Å². The molecule has 4 nitrogen and oxygen atoms in total. The van der Waals surface area contributed by atoms with Crippen molar-refractivity contribution in [2.75, 3.05) is 26.2 Å². The normalized spacial score (nSPS) is 32.1. The Labute approximate surface area is 90.6 Å². The van der Waals surface area contributed by atoms with Gasteiger partial charge >= 0.3 is 0 Å². The molecule has 1 aliphatic heterocycles. The Balaban J connectivity index is 1.65. The number of β-amino-alcohol motifs (C(OH)–C–C–N with tert-alkyl or cyclic N) is 2. The van der Waals surface area contributed by atoms with Gasteiger partial charge in [0, 0.05) is 32.2 Å². The maximum Gasteiger partial charge on any atom is 0.0938 e. The van der Waals surface area contributed by atoms with Crippen molar-refractivity contribution in [3.63, 3.8) is 0 Å². The van der Waals surface area contributed by atoms with Gasteiger partial charge in [-0.2, -0.15) is 0 Å². The minimum Gasteiger partial charge on any atom is -0.389 e. The molecule has 0 amide bonds. The summed E-state index contributed by atoms with van der Waals surface area (Å²) in [5.74, 6) is 0. The van der Waals surface area contributed by atoms with Crippen LogP contribution in [0.25, 0.3) is 0 Å². The van der Waals surface area contributed by atoms with Crippen LogP contribution in [0.5, 0.6) is 0 Å². The quantitative estimate of drug-likeness (QED) is 0.529. The van der Waals surface area contributed by atoms with Gasteiger partial charge in [0.1, 0.15) is 0 Å². The largest absolute Gasteiger partial charge is 0.389 e. The summed E-state index contributed by atoms with van der Waals surface area (Å²) in [6, 6.07) is 0.705. The minimum atomic E-state index is -0.589. The first kappa shape index (κ1) is 11.1. The van der Waals surface area contributed by atoms with Gasteiger partial charge in [0.25, 0.3) is 0 Å². The summed E-state index contributed by atoms with van der Waals surface area (Å²) in [6.07, 6.45) is 1.39. The third kappa shape index (κ3) is 3.28. The van der Waals surface area contributed by atoms with E-state index in [1.54, 1.807) is 0 Å². The van der Waals surface area contributed by atoms with E-state index in [-0.39, 0.29) is 0 Å². The van der Waals surface area contributed by atoms with Crippen molar-refractivity contribution >= 4 is 0 Å². The molecule has 1 saturated carbocycles. The van der Waals surface area contributed by atoms with Crippen molar-refractivity contribution in [1.29, 1.82) is 0 Å². The first-order chi connectivity index (χ1) is 7.15. The van der Waals surface area contributed by atoms with Crippen molar-refractivity contribution in [3.8, 4) is 0 Å². The van der Waals surface area contributed by atoms with Crippen LogP contribution in [0.1, 0.15) is 12.8 Å². The molecule has 1 heterocycles. The van der Waals surface area contributed by atoms with Gasteiger partial charge in [-0.15, -0.1) is 0 Å². The fourth-order valence-electron chi connectivity index (χ4n) is 1.92. The molecule has 3 N–H and O–H groups in total. The van der Waals surface area contributed by atoms with Crippen molar-refractivity contribution < 1.29 is 10.2 Å². The number of nitrogens with zero attached hydrogens (tertiary/aromatic N) is 1. The van der Waals surface area contributed by atoms with E-state index >= 15 is 0 Å². The van der Waals surface area contributed by atoms with Crippen LogP contribution in [-0.2, 0) is 0 Å². The number of likely N-dealkylation sites (tertiary alicyclic amines) is 1. The van der Waals surface area contributed by atoms with E-state index in [0.29, 0.717) is 19.1 Å². The fourth-order valence-corrected chi connectivity index (χ4v) is 1.92. The fraction of sp³-hybridized carbons (Fsp3) is 0.818. The standard InChI is InChI=1S/C11H20N2O2/c1-8(4-12-9-2-3-9)5-13-6-10(14)11(15)7-13/h9-12,14-15H,1-7H2. The van der Waals surface area contributed by atoms with E-state index in [1.165, 1.54) is 12.8 Å². The number of aliphatic hydroxyl groups excluding tert-OH is 2. The van der Waals surface area contributed by atoms with Crippen molar-refractivity contribution in [2.24, 2.45) is 0 Å². The van der Waals surface area contributed by atoms with Gasteiger partial charge in [-0.25, -0.2) is 0 Å². The number of hydrogen-bond donors (Lipinski definition) is 3. The van der Waals surface area contributed by atoms with Crippen LogP contribution in [0, 0.1) is 0 Å². The number of hydrogen-bond acceptors (Lipinski definition) is 4. The first-order valence-electron chi connectivity index (χ1n) is 5.63. The van der Waals surface area contributed by atoms with E-state index in [4.69, 9.17) is 0 Å². The maximum atomic E-state index is 9.37. The molecule has 0 radical (unpaired) electrons. The third-order valence-corrected chi connectivity index (χ3v) is 3.00. The highest BCUT2D eigenvalue weighted by Crippen LogP contribution is 2.19. The molecule has 1 aliphatic carbocycles. The molecule has 2 atom stereocenters. The molecule has 0 aromatic rings. The smallest absolute Gasteiger partial charge is 0.0938 e. The predicted octanol–water partition coefficient (Wildman–Crippen LogP) is -0.668. The summed E-state index contributed by atoms with van der Waals surface area (Å²) in [4.78, 5) is 2.05. The van der Waals surface area contributed by atoms with Crippen LogP contribution in [-0.4, -0.2) is 59.5 Å². The molecular formula is C11H20N2O2. The SMILES string of the molecule is C=C(CNC1CC1)CN1CC(O)C(O)C1. The molecule has 0 spiro atoms. The van der Waals surface area contributed by atoms with Crippen molar-refractivity contribution in [2.45, 2.75) is 31.1 Å². The molecular weight excluding hydrogens is 192 g/mol. The molecule has 0 bridgehead atoms.